The van der Waals surface area contributed by atoms with Gasteiger partial charge in [-0.1, -0.05) is 29.8 Å². The summed E-state index contributed by atoms with van der Waals surface area (Å²) in [7, 11) is 0. The normalized spacial score (nSPS) is 12.0. The van der Waals surface area contributed by atoms with Crippen LogP contribution >= 0.6 is 11.6 Å². The minimum absolute atomic E-state index is 0.392. The van der Waals surface area contributed by atoms with Gasteiger partial charge in [0.05, 0.1) is 11.6 Å². The minimum Gasteiger partial charge on any atom is -0.345 e. The first-order valence-corrected chi connectivity index (χ1v) is 6.23. The van der Waals surface area contributed by atoms with Crippen LogP contribution in [0.15, 0.2) is 36.5 Å². The molecule has 20 heavy (non-hydrogen) atoms. The van der Waals surface area contributed by atoms with Gasteiger partial charge < -0.3 is 5.32 Å². The van der Waals surface area contributed by atoms with Crippen LogP contribution in [0.2, 0.25) is 5.02 Å². The zero-order chi connectivity index (χ0) is 14.7. The maximum atomic E-state index is 13.5. The van der Waals surface area contributed by atoms with E-state index in [4.69, 9.17) is 11.6 Å². The predicted octanol–water partition coefficient (Wildman–Crippen LogP) is 3.50. The number of nitrogens with one attached hydrogen (secondary N) is 1. The van der Waals surface area contributed by atoms with Crippen LogP contribution in [-0.2, 0) is 0 Å². The monoisotopic (exact) mass is 296 g/mol. The number of carbonyl (C=O) groups excluding carboxylic acids is 1. The van der Waals surface area contributed by atoms with E-state index in [-0.39, 0.29) is 0 Å². The van der Waals surface area contributed by atoms with Crippen molar-refractivity contribution in [2.24, 2.45) is 0 Å². The lowest BCUT2D eigenvalue weighted by molar-refractivity contribution is 0.0934. The molecule has 0 aliphatic rings. The maximum absolute atomic E-state index is 13.5. The zero-order valence-electron chi connectivity index (χ0n) is 10.5. The molecule has 1 aromatic carbocycles. The van der Waals surface area contributed by atoms with Crippen molar-refractivity contribution in [3.63, 3.8) is 0 Å². The van der Waals surface area contributed by atoms with Crippen molar-refractivity contribution in [1.82, 2.24) is 10.3 Å². The van der Waals surface area contributed by atoms with Crippen LogP contribution in [0.5, 0.6) is 0 Å². The molecule has 1 heterocycles. The predicted molar refractivity (Wildman–Crippen MR) is 71.5 cm³/mol. The number of benzene rings is 1. The smallest absolute Gasteiger partial charge is 0.254 e. The summed E-state index contributed by atoms with van der Waals surface area (Å²) in [5.41, 5.74) is 0.300. The zero-order valence-corrected chi connectivity index (χ0v) is 11.3. The van der Waals surface area contributed by atoms with E-state index in [2.05, 4.69) is 10.3 Å². The molecule has 0 aliphatic heterocycles. The molecule has 2 aromatic rings. The minimum atomic E-state index is -1.30. The van der Waals surface area contributed by atoms with Gasteiger partial charge in [0.2, 0.25) is 5.95 Å². The van der Waals surface area contributed by atoms with Crippen LogP contribution < -0.4 is 5.32 Å². The Hall–Kier alpha value is -2.01. The number of aromatic nitrogens is 1. The van der Waals surface area contributed by atoms with Crippen molar-refractivity contribution < 1.29 is 13.6 Å². The fourth-order valence-electron chi connectivity index (χ4n) is 1.77. The summed E-state index contributed by atoms with van der Waals surface area (Å²) < 4.78 is 26.4. The number of hydrogen-bond donors (Lipinski definition) is 1. The van der Waals surface area contributed by atoms with Gasteiger partial charge in [0.15, 0.2) is 5.82 Å². The van der Waals surface area contributed by atoms with Crippen molar-refractivity contribution in [3.05, 3.63) is 64.4 Å². The third-order valence-electron chi connectivity index (χ3n) is 2.81. The Bertz CT molecular complexity index is 649. The van der Waals surface area contributed by atoms with Crippen LogP contribution in [0.3, 0.4) is 0 Å². The van der Waals surface area contributed by atoms with E-state index >= 15 is 0 Å². The summed E-state index contributed by atoms with van der Waals surface area (Å²) >= 11 is 6.01. The molecule has 1 atom stereocenters. The Balaban J connectivity index is 2.20. The third-order valence-corrected chi connectivity index (χ3v) is 3.15. The first kappa shape index (κ1) is 14.4. The molecule has 0 spiro atoms. The van der Waals surface area contributed by atoms with Gasteiger partial charge in [0, 0.05) is 11.2 Å². The van der Waals surface area contributed by atoms with E-state index in [0.717, 1.165) is 12.3 Å². The van der Waals surface area contributed by atoms with Crippen LogP contribution in [0.25, 0.3) is 0 Å². The largest absolute Gasteiger partial charge is 0.345 e. The first-order valence-electron chi connectivity index (χ1n) is 5.86. The topological polar surface area (TPSA) is 42.0 Å². The van der Waals surface area contributed by atoms with E-state index in [9.17, 15) is 13.6 Å². The molecule has 0 radical (unpaired) electrons. The molecule has 0 fully saturated rings. The summed E-state index contributed by atoms with van der Waals surface area (Å²) in [5, 5.41) is 3.05. The molecule has 0 bridgehead atoms. The molecule has 0 saturated heterocycles. The Morgan fingerprint density at radius 2 is 2.00 bits per heavy atom. The van der Waals surface area contributed by atoms with Gasteiger partial charge in [0.25, 0.3) is 5.91 Å². The van der Waals surface area contributed by atoms with Crippen molar-refractivity contribution >= 4 is 17.5 Å². The van der Waals surface area contributed by atoms with Gasteiger partial charge in [-0.05, 0) is 24.6 Å². The quantitative estimate of drug-likeness (QED) is 0.881. The van der Waals surface area contributed by atoms with Crippen LogP contribution in [0.1, 0.15) is 28.9 Å². The lowest BCUT2D eigenvalue weighted by Crippen LogP contribution is -2.28. The number of halogens is 3. The highest BCUT2D eigenvalue weighted by Crippen LogP contribution is 2.22. The molecule has 104 valence electrons. The molecule has 2 rings (SSSR count). The van der Waals surface area contributed by atoms with Gasteiger partial charge in [-0.3, -0.25) is 4.79 Å². The molecular formula is C14H11ClF2N2O. The molecule has 1 amide bonds. The Morgan fingerprint density at radius 1 is 1.30 bits per heavy atom. The first-order chi connectivity index (χ1) is 9.50. The Labute approximate surface area is 119 Å². The second-order valence-corrected chi connectivity index (χ2v) is 4.59. The lowest BCUT2D eigenvalue weighted by atomic mass is 10.1. The molecule has 1 aromatic heterocycles. The Morgan fingerprint density at radius 3 is 2.70 bits per heavy atom. The average Bonchev–Trinajstić information content (AvgIpc) is 2.42. The van der Waals surface area contributed by atoms with Gasteiger partial charge in [0.1, 0.15) is 0 Å². The van der Waals surface area contributed by atoms with E-state index in [1.807, 2.05) is 0 Å². The molecule has 6 heteroatoms. The number of pyridine rings is 1. The highest BCUT2D eigenvalue weighted by atomic mass is 35.5. The standard InChI is InChI=1S/C14H11ClF2N2O/c1-8(9-4-2-3-5-11(9)15)19-14(20)10-6-7-18-13(17)12(10)16/h2-8H,1H3,(H,19,20). The molecular weight excluding hydrogens is 286 g/mol. The van der Waals surface area contributed by atoms with E-state index in [1.165, 1.54) is 0 Å². The van der Waals surface area contributed by atoms with Crippen molar-refractivity contribution in [2.75, 3.05) is 0 Å². The molecule has 3 nitrogen and oxygen atoms in total. The van der Waals surface area contributed by atoms with E-state index in [0.29, 0.717) is 10.6 Å². The SMILES string of the molecule is CC(NC(=O)c1ccnc(F)c1F)c1ccccc1Cl. The average molecular weight is 297 g/mol. The number of carbonyl (C=O) groups is 1. The summed E-state index contributed by atoms with van der Waals surface area (Å²) in [6, 6.07) is 7.65. The lowest BCUT2D eigenvalue weighted by Gasteiger charge is -2.15. The number of nitrogens with zero attached hydrogens (tertiary/aromatic N) is 1. The van der Waals surface area contributed by atoms with Gasteiger partial charge in [-0.15, -0.1) is 0 Å². The van der Waals surface area contributed by atoms with Gasteiger partial charge >= 0.3 is 0 Å². The van der Waals surface area contributed by atoms with Gasteiger partial charge in [-0.25, -0.2) is 9.37 Å². The molecule has 1 N–H and O–H groups in total. The van der Waals surface area contributed by atoms with Crippen LogP contribution in [0, 0.1) is 11.8 Å². The number of hydrogen-bond acceptors (Lipinski definition) is 2. The second-order valence-electron chi connectivity index (χ2n) is 4.18. The van der Waals surface area contributed by atoms with Crippen molar-refractivity contribution in [1.29, 1.82) is 0 Å². The molecule has 1 unspecified atom stereocenters. The highest BCUT2D eigenvalue weighted by Gasteiger charge is 2.19. The van der Waals surface area contributed by atoms with Crippen molar-refractivity contribution in [3.8, 4) is 0 Å². The highest BCUT2D eigenvalue weighted by molar-refractivity contribution is 6.31. The van der Waals surface area contributed by atoms with Crippen LogP contribution in [0.4, 0.5) is 8.78 Å². The fraction of sp³-hybridized carbons (Fsp3) is 0.143. The maximum Gasteiger partial charge on any atom is 0.254 e. The molecule has 0 aliphatic carbocycles. The number of amides is 1. The van der Waals surface area contributed by atoms with Crippen molar-refractivity contribution in [2.45, 2.75) is 13.0 Å². The molecule has 0 saturated carbocycles. The van der Waals surface area contributed by atoms with E-state index in [1.54, 1.807) is 31.2 Å². The van der Waals surface area contributed by atoms with E-state index < -0.39 is 29.3 Å². The summed E-state index contributed by atoms with van der Waals surface area (Å²) in [6.45, 7) is 1.70. The summed E-state index contributed by atoms with van der Waals surface area (Å²) in [5.74, 6) is -3.30. The second kappa shape index (κ2) is 5.96. The number of rotatable bonds is 3. The van der Waals surface area contributed by atoms with Crippen LogP contribution in [-0.4, -0.2) is 10.9 Å². The summed E-state index contributed by atoms with van der Waals surface area (Å²) in [4.78, 5) is 15.1. The Kier molecular flexibility index (Phi) is 4.29. The third kappa shape index (κ3) is 2.93. The fourth-order valence-corrected chi connectivity index (χ4v) is 2.07. The van der Waals surface area contributed by atoms with Gasteiger partial charge in [-0.2, -0.15) is 4.39 Å². The summed E-state index contributed by atoms with van der Waals surface area (Å²) in [6.07, 6.45) is 1.04.